The number of hydrogen-bond acceptors (Lipinski definition) is 7. The van der Waals surface area contributed by atoms with Gasteiger partial charge in [0.1, 0.15) is 6.04 Å². The molecule has 1 aliphatic carbocycles. The molecule has 0 spiro atoms. The number of esters is 1. The Morgan fingerprint density at radius 3 is 2.67 bits per heavy atom. The standard InChI is InChI=1S/C22H30ClN3O6S/c1-13-5-4-6-18(14(13)2)24-20(27)12-32-22(29)19(9-10-33-3)25-21(28)16-8-7-15(26(30)31)11-17(16)23/h7-8,11,13-14,18-19H,4-6,9-10,12H2,1-3H3,(H,24,27)(H,25,28)/t13-,14+,18-,19-/m1/s1. The van der Waals surface area contributed by atoms with Gasteiger partial charge in [-0.15, -0.1) is 0 Å². The van der Waals surface area contributed by atoms with E-state index in [4.69, 9.17) is 16.3 Å². The predicted molar refractivity (Wildman–Crippen MR) is 127 cm³/mol. The molecule has 2 rings (SSSR count). The number of benzene rings is 1. The Kier molecular flexibility index (Phi) is 10.4. The van der Waals surface area contributed by atoms with Crippen molar-refractivity contribution in [3.8, 4) is 0 Å². The van der Waals surface area contributed by atoms with E-state index in [1.807, 2.05) is 6.26 Å². The number of thioether (sulfide) groups is 1. The van der Waals surface area contributed by atoms with E-state index in [0.29, 0.717) is 17.6 Å². The van der Waals surface area contributed by atoms with Crippen LogP contribution in [0.15, 0.2) is 18.2 Å². The van der Waals surface area contributed by atoms with Gasteiger partial charge in [-0.3, -0.25) is 19.7 Å². The number of carbonyl (C=O) groups is 3. The van der Waals surface area contributed by atoms with Crippen molar-refractivity contribution < 1.29 is 24.0 Å². The molecule has 0 radical (unpaired) electrons. The number of hydrogen-bond donors (Lipinski definition) is 2. The minimum Gasteiger partial charge on any atom is -0.454 e. The maximum atomic E-state index is 12.6. The number of nitro benzene ring substituents is 1. The Bertz CT molecular complexity index is 884. The number of carbonyl (C=O) groups excluding carboxylic acids is 3. The third kappa shape index (κ3) is 7.89. The van der Waals surface area contributed by atoms with E-state index in [2.05, 4.69) is 24.5 Å². The number of nitrogens with one attached hydrogen (secondary N) is 2. The normalized spacial score (nSPS) is 21.0. The van der Waals surface area contributed by atoms with E-state index in [1.54, 1.807) is 0 Å². The Morgan fingerprint density at radius 2 is 2.03 bits per heavy atom. The number of nitro groups is 1. The van der Waals surface area contributed by atoms with Crippen LogP contribution in [-0.2, 0) is 14.3 Å². The van der Waals surface area contributed by atoms with Crippen LogP contribution < -0.4 is 10.6 Å². The van der Waals surface area contributed by atoms with Gasteiger partial charge in [0.25, 0.3) is 17.5 Å². The molecule has 2 N–H and O–H groups in total. The molecule has 0 heterocycles. The molecule has 33 heavy (non-hydrogen) atoms. The van der Waals surface area contributed by atoms with Gasteiger partial charge < -0.3 is 15.4 Å². The lowest BCUT2D eigenvalue weighted by atomic mass is 9.78. The van der Waals surface area contributed by atoms with Crippen LogP contribution in [0.1, 0.15) is 49.9 Å². The molecule has 2 amide bonds. The Labute approximate surface area is 202 Å². The first-order chi connectivity index (χ1) is 15.6. The zero-order valence-electron chi connectivity index (χ0n) is 19.0. The quantitative estimate of drug-likeness (QED) is 0.286. The Balaban J connectivity index is 1.96. The smallest absolute Gasteiger partial charge is 0.329 e. The van der Waals surface area contributed by atoms with Crippen molar-refractivity contribution in [2.24, 2.45) is 11.8 Å². The lowest BCUT2D eigenvalue weighted by Gasteiger charge is -2.34. The fourth-order valence-corrected chi connectivity index (χ4v) is 4.53. The highest BCUT2D eigenvalue weighted by atomic mass is 35.5. The van der Waals surface area contributed by atoms with E-state index in [9.17, 15) is 24.5 Å². The molecule has 182 valence electrons. The molecule has 0 unspecified atom stereocenters. The van der Waals surface area contributed by atoms with Crippen molar-refractivity contribution >= 4 is 46.8 Å². The van der Waals surface area contributed by atoms with Crippen LogP contribution >= 0.6 is 23.4 Å². The van der Waals surface area contributed by atoms with Crippen LogP contribution in [0, 0.1) is 22.0 Å². The molecule has 9 nitrogen and oxygen atoms in total. The van der Waals surface area contributed by atoms with E-state index in [1.165, 1.54) is 17.8 Å². The topological polar surface area (TPSA) is 128 Å². The maximum absolute atomic E-state index is 12.6. The van der Waals surface area contributed by atoms with Crippen LogP contribution in [-0.4, -0.2) is 53.4 Å². The summed E-state index contributed by atoms with van der Waals surface area (Å²) >= 11 is 7.50. The largest absolute Gasteiger partial charge is 0.454 e. The summed E-state index contributed by atoms with van der Waals surface area (Å²) in [7, 11) is 0. The number of non-ortho nitro benzene ring substituents is 1. The highest BCUT2D eigenvalue weighted by Gasteiger charge is 2.29. The van der Waals surface area contributed by atoms with Gasteiger partial charge in [0.2, 0.25) is 0 Å². The van der Waals surface area contributed by atoms with Gasteiger partial charge >= 0.3 is 5.97 Å². The van der Waals surface area contributed by atoms with E-state index in [0.717, 1.165) is 31.4 Å². The van der Waals surface area contributed by atoms with Crippen molar-refractivity contribution in [3.05, 3.63) is 38.9 Å². The fourth-order valence-electron chi connectivity index (χ4n) is 3.79. The van der Waals surface area contributed by atoms with Gasteiger partial charge in [-0.25, -0.2) is 4.79 Å². The summed E-state index contributed by atoms with van der Waals surface area (Å²) in [6.45, 7) is 3.84. The third-order valence-electron chi connectivity index (χ3n) is 6.01. The average Bonchev–Trinajstić information content (AvgIpc) is 2.77. The molecule has 0 aliphatic heterocycles. The number of halogens is 1. The molecular weight excluding hydrogens is 470 g/mol. The molecule has 1 saturated carbocycles. The molecule has 11 heteroatoms. The van der Waals surface area contributed by atoms with Gasteiger partial charge in [0.05, 0.1) is 15.5 Å². The highest BCUT2D eigenvalue weighted by Crippen LogP contribution is 2.29. The summed E-state index contributed by atoms with van der Waals surface area (Å²) in [6, 6.07) is 2.53. The van der Waals surface area contributed by atoms with Crippen LogP contribution in [0.3, 0.4) is 0 Å². The van der Waals surface area contributed by atoms with E-state index < -0.39 is 29.4 Å². The van der Waals surface area contributed by atoms with Crippen molar-refractivity contribution in [1.82, 2.24) is 10.6 Å². The molecular formula is C22H30ClN3O6S. The summed E-state index contributed by atoms with van der Waals surface area (Å²) in [6.07, 6.45) is 5.22. The minimum atomic E-state index is -0.988. The third-order valence-corrected chi connectivity index (χ3v) is 6.96. The summed E-state index contributed by atoms with van der Waals surface area (Å²) in [5, 5.41) is 16.3. The van der Waals surface area contributed by atoms with Crippen LogP contribution in [0.2, 0.25) is 5.02 Å². The number of nitrogens with zero attached hydrogens (tertiary/aromatic N) is 1. The maximum Gasteiger partial charge on any atom is 0.329 e. The lowest BCUT2D eigenvalue weighted by Crippen LogP contribution is -2.46. The Morgan fingerprint density at radius 1 is 1.30 bits per heavy atom. The molecule has 1 aromatic rings. The second kappa shape index (κ2) is 12.8. The van der Waals surface area contributed by atoms with Gasteiger partial charge in [-0.1, -0.05) is 38.3 Å². The van der Waals surface area contributed by atoms with Crippen molar-refractivity contribution in [2.75, 3.05) is 18.6 Å². The molecule has 0 aromatic heterocycles. The van der Waals surface area contributed by atoms with Crippen LogP contribution in [0.25, 0.3) is 0 Å². The second-order valence-corrected chi connectivity index (χ2v) is 9.67. The monoisotopic (exact) mass is 499 g/mol. The first-order valence-electron chi connectivity index (χ1n) is 10.8. The van der Waals surface area contributed by atoms with Gasteiger partial charge in [-0.2, -0.15) is 11.8 Å². The summed E-state index contributed by atoms with van der Waals surface area (Å²) < 4.78 is 5.19. The SMILES string of the molecule is CSCC[C@@H](NC(=O)c1ccc([N+](=O)[O-])cc1Cl)C(=O)OCC(=O)N[C@@H]1CCC[C@@H](C)[C@@H]1C. The van der Waals surface area contributed by atoms with E-state index in [-0.39, 0.29) is 34.6 Å². The number of rotatable bonds is 10. The Hall–Kier alpha value is -2.33. The molecule has 1 fully saturated rings. The fraction of sp³-hybridized carbons (Fsp3) is 0.591. The van der Waals surface area contributed by atoms with Gasteiger partial charge in [0, 0.05) is 18.2 Å². The molecule has 0 saturated heterocycles. The van der Waals surface area contributed by atoms with E-state index >= 15 is 0 Å². The highest BCUT2D eigenvalue weighted by molar-refractivity contribution is 7.98. The minimum absolute atomic E-state index is 0.00219. The van der Waals surface area contributed by atoms with Gasteiger partial charge in [-0.05, 0) is 42.8 Å². The average molecular weight is 500 g/mol. The zero-order chi connectivity index (χ0) is 24.5. The van der Waals surface area contributed by atoms with Crippen LogP contribution in [0.4, 0.5) is 5.69 Å². The van der Waals surface area contributed by atoms with Gasteiger partial charge in [0.15, 0.2) is 6.61 Å². The molecule has 4 atom stereocenters. The molecule has 1 aromatic carbocycles. The molecule has 1 aliphatic rings. The lowest BCUT2D eigenvalue weighted by molar-refractivity contribution is -0.384. The second-order valence-electron chi connectivity index (χ2n) is 8.28. The number of amides is 2. The zero-order valence-corrected chi connectivity index (χ0v) is 20.5. The molecule has 0 bridgehead atoms. The summed E-state index contributed by atoms with van der Waals surface area (Å²) in [4.78, 5) is 47.8. The first kappa shape index (κ1) is 26.9. The van der Waals surface area contributed by atoms with Crippen LogP contribution in [0.5, 0.6) is 0 Å². The summed E-state index contributed by atoms with van der Waals surface area (Å²) in [5.74, 6) is -0.328. The summed E-state index contributed by atoms with van der Waals surface area (Å²) in [5.41, 5.74) is -0.245. The van der Waals surface area contributed by atoms with Crippen molar-refractivity contribution in [1.29, 1.82) is 0 Å². The van der Waals surface area contributed by atoms with Crippen molar-refractivity contribution in [2.45, 2.75) is 51.6 Å². The number of ether oxygens (including phenoxy) is 1. The predicted octanol–water partition coefficient (Wildman–Crippen LogP) is 3.58. The first-order valence-corrected chi connectivity index (χ1v) is 12.6. The van der Waals surface area contributed by atoms with Crippen molar-refractivity contribution in [3.63, 3.8) is 0 Å².